The van der Waals surface area contributed by atoms with E-state index < -0.39 is 57.3 Å². The van der Waals surface area contributed by atoms with Gasteiger partial charge in [-0.15, -0.1) is 0 Å². The first kappa shape index (κ1) is 19.2. The second-order valence-corrected chi connectivity index (χ2v) is 9.62. The van der Waals surface area contributed by atoms with E-state index in [1.807, 2.05) is 20.8 Å². The van der Waals surface area contributed by atoms with Crippen LogP contribution in [0.3, 0.4) is 0 Å². The Bertz CT molecular complexity index is 853. The van der Waals surface area contributed by atoms with Gasteiger partial charge in [0.2, 0.25) is 0 Å². The quantitative estimate of drug-likeness (QED) is 0.758. The molecule has 2 aliphatic rings. The topological polar surface area (TPSA) is 112 Å². The third-order valence-electron chi connectivity index (χ3n) is 4.02. The summed E-state index contributed by atoms with van der Waals surface area (Å²) in [7, 11) is -1.45. The fourth-order valence-corrected chi connectivity index (χ4v) is 3.40. The zero-order valence-corrected chi connectivity index (χ0v) is 16.1. The molecule has 0 radical (unpaired) electrons. The molecule has 1 aromatic rings. The zero-order chi connectivity index (χ0) is 19.3. The molecule has 2 aliphatic heterocycles. The van der Waals surface area contributed by atoms with Crippen molar-refractivity contribution >= 4 is 17.2 Å². The summed E-state index contributed by atoms with van der Waals surface area (Å²) >= 11 is 0. The van der Waals surface area contributed by atoms with Gasteiger partial charge in [-0.1, -0.05) is 0 Å². The number of hydrogen-bond acceptors (Lipinski definition) is 6. The molecule has 2 saturated heterocycles. The molecule has 0 aromatic carbocycles. The number of nitrogens with one attached hydrogen (secondary N) is 1. The van der Waals surface area contributed by atoms with E-state index in [1.54, 1.807) is 13.8 Å². The molecule has 1 N–H and O–H groups in total. The molecule has 0 spiro atoms. The Balaban J connectivity index is 1.91. The summed E-state index contributed by atoms with van der Waals surface area (Å²) in [5, 5.41) is 0. The lowest BCUT2D eigenvalue weighted by Crippen LogP contribution is -2.37. The van der Waals surface area contributed by atoms with Gasteiger partial charge in [-0.2, -0.15) is 4.40 Å². The average Bonchev–Trinajstić information content (AvgIpc) is 2.97. The van der Waals surface area contributed by atoms with Gasteiger partial charge in [0.05, 0.1) is 4.75 Å². The summed E-state index contributed by atoms with van der Waals surface area (Å²) in [5.41, 5.74) is -1.10. The van der Waals surface area contributed by atoms with Gasteiger partial charge in [0.1, 0.15) is 29.3 Å². The van der Waals surface area contributed by atoms with Crippen molar-refractivity contribution in [1.82, 2.24) is 9.55 Å². The molecular formula is C16H23N3O6S. The maximum absolute atomic E-state index is 12.2. The Hall–Kier alpha value is -1.62. The van der Waals surface area contributed by atoms with Crippen LogP contribution in [0.4, 0.5) is 0 Å². The third kappa shape index (κ3) is 3.73. The summed E-state index contributed by atoms with van der Waals surface area (Å²) in [6.45, 7) is 8.98. The van der Waals surface area contributed by atoms with Crippen LogP contribution in [0, 0.1) is 0 Å². The smallest absolute Gasteiger partial charge is 0.330 e. The van der Waals surface area contributed by atoms with E-state index in [4.69, 9.17) is 14.2 Å². The molecule has 2 fully saturated rings. The van der Waals surface area contributed by atoms with Gasteiger partial charge in [-0.3, -0.25) is 14.3 Å². The van der Waals surface area contributed by atoms with Gasteiger partial charge in [0.15, 0.2) is 12.0 Å². The summed E-state index contributed by atoms with van der Waals surface area (Å²) in [4.78, 5) is 25.6. The van der Waals surface area contributed by atoms with Crippen molar-refractivity contribution in [3.05, 3.63) is 33.1 Å². The van der Waals surface area contributed by atoms with Crippen LogP contribution in [0.25, 0.3) is 0 Å². The molecule has 26 heavy (non-hydrogen) atoms. The number of fused-ring (bicyclic) bond motifs is 1. The number of rotatable bonds is 3. The van der Waals surface area contributed by atoms with Crippen LogP contribution < -0.4 is 11.2 Å². The van der Waals surface area contributed by atoms with Crippen molar-refractivity contribution in [3.8, 4) is 0 Å². The highest BCUT2D eigenvalue weighted by Gasteiger charge is 2.55. The van der Waals surface area contributed by atoms with E-state index in [0.717, 1.165) is 0 Å². The zero-order valence-electron chi connectivity index (χ0n) is 15.3. The Morgan fingerprint density at radius 2 is 1.92 bits per heavy atom. The van der Waals surface area contributed by atoms with Crippen molar-refractivity contribution in [2.24, 2.45) is 4.40 Å². The molecular weight excluding hydrogens is 362 g/mol. The molecule has 0 bridgehead atoms. The molecule has 5 atom stereocenters. The minimum atomic E-state index is -1.45. The van der Waals surface area contributed by atoms with Crippen LogP contribution in [-0.4, -0.2) is 48.8 Å². The molecule has 144 valence electrons. The summed E-state index contributed by atoms with van der Waals surface area (Å²) < 4.78 is 34.7. The molecule has 3 rings (SSSR count). The van der Waals surface area contributed by atoms with Crippen molar-refractivity contribution in [2.45, 2.75) is 69.7 Å². The van der Waals surface area contributed by atoms with Gasteiger partial charge in [-0.05, 0) is 34.6 Å². The van der Waals surface area contributed by atoms with E-state index in [1.165, 1.54) is 23.0 Å². The maximum Gasteiger partial charge on any atom is 0.330 e. The van der Waals surface area contributed by atoms with Gasteiger partial charge < -0.3 is 14.2 Å². The van der Waals surface area contributed by atoms with Crippen LogP contribution in [0.5, 0.6) is 0 Å². The highest BCUT2D eigenvalue weighted by Crippen LogP contribution is 2.42. The lowest BCUT2D eigenvalue weighted by atomic mass is 10.1. The predicted molar refractivity (Wildman–Crippen MR) is 95.4 cm³/mol. The molecule has 3 heterocycles. The van der Waals surface area contributed by atoms with Crippen LogP contribution in [0.1, 0.15) is 40.8 Å². The number of hydrogen-bond donors (Lipinski definition) is 1. The third-order valence-corrected chi connectivity index (χ3v) is 5.38. The van der Waals surface area contributed by atoms with Crippen LogP contribution >= 0.6 is 0 Å². The Morgan fingerprint density at radius 1 is 1.27 bits per heavy atom. The Labute approximate surface area is 153 Å². The molecule has 9 nitrogen and oxygen atoms in total. The second-order valence-electron chi connectivity index (χ2n) is 7.69. The lowest BCUT2D eigenvalue weighted by Gasteiger charge is -2.24. The first-order valence-corrected chi connectivity index (χ1v) is 9.37. The standard InChI is InChI=1S/C16H23N3O6S/c1-15(2,3)26(22)17-8-9-11-12(25-16(4,5)24-11)13(23-9)19-7-6-10(20)18-14(19)21/h6-9,11-13H,1-5H3,(H,18,20,21)/b17-8+/t9-,11-,12-,13-,26?/m1/s1. The molecule has 1 unspecified atom stereocenters. The van der Waals surface area contributed by atoms with Gasteiger partial charge in [0, 0.05) is 18.5 Å². The number of ether oxygens (including phenoxy) is 3. The van der Waals surface area contributed by atoms with Gasteiger partial charge in [0.25, 0.3) is 5.56 Å². The first-order valence-electron chi connectivity index (χ1n) is 8.27. The predicted octanol–water partition coefficient (Wildman–Crippen LogP) is 0.487. The van der Waals surface area contributed by atoms with Gasteiger partial charge >= 0.3 is 5.69 Å². The first-order chi connectivity index (χ1) is 12.0. The molecule has 10 heteroatoms. The second kappa shape index (κ2) is 6.52. The minimum absolute atomic E-state index is 0.497. The van der Waals surface area contributed by atoms with E-state index in [0.29, 0.717) is 0 Å². The van der Waals surface area contributed by atoms with Crippen molar-refractivity contribution in [1.29, 1.82) is 0 Å². The summed E-state index contributed by atoms with van der Waals surface area (Å²) in [5.74, 6) is -0.863. The Kier molecular flexibility index (Phi) is 4.80. The number of nitrogens with zero attached hydrogens (tertiary/aromatic N) is 2. The molecule has 0 amide bonds. The van der Waals surface area contributed by atoms with E-state index in [2.05, 4.69) is 9.38 Å². The average molecular weight is 385 g/mol. The lowest BCUT2D eigenvalue weighted by molar-refractivity contribution is -0.189. The van der Waals surface area contributed by atoms with E-state index >= 15 is 0 Å². The van der Waals surface area contributed by atoms with E-state index in [9.17, 15) is 13.8 Å². The Morgan fingerprint density at radius 3 is 2.54 bits per heavy atom. The number of aromatic amines is 1. The SMILES string of the molecule is CC1(C)O[C@@H]2[C@H](O1)[C@@H](/C=N/S(=O)C(C)(C)C)O[C@H]2n1ccc(=O)[nH]c1=O. The van der Waals surface area contributed by atoms with E-state index in [-0.39, 0.29) is 0 Å². The normalized spacial score (nSPS) is 32.0. The monoisotopic (exact) mass is 385 g/mol. The van der Waals surface area contributed by atoms with Crippen molar-refractivity contribution < 1.29 is 18.4 Å². The molecule has 1 aromatic heterocycles. The fraction of sp³-hybridized carbons (Fsp3) is 0.688. The maximum atomic E-state index is 12.2. The molecule has 0 aliphatic carbocycles. The van der Waals surface area contributed by atoms with Crippen molar-refractivity contribution in [3.63, 3.8) is 0 Å². The van der Waals surface area contributed by atoms with Gasteiger partial charge in [-0.25, -0.2) is 9.00 Å². The number of aromatic nitrogens is 2. The van der Waals surface area contributed by atoms with Crippen LogP contribution in [-0.2, 0) is 25.2 Å². The minimum Gasteiger partial charge on any atom is -0.343 e. The summed E-state index contributed by atoms with van der Waals surface area (Å²) in [6, 6.07) is 1.23. The largest absolute Gasteiger partial charge is 0.343 e. The number of H-pyrrole nitrogens is 1. The summed E-state index contributed by atoms with van der Waals surface area (Å²) in [6.07, 6.45) is 0.260. The van der Waals surface area contributed by atoms with Crippen LogP contribution in [0.2, 0.25) is 0 Å². The highest BCUT2D eigenvalue weighted by molar-refractivity contribution is 7.85. The highest BCUT2D eigenvalue weighted by atomic mass is 32.2. The van der Waals surface area contributed by atoms with Crippen LogP contribution in [0.15, 0.2) is 26.2 Å². The fourth-order valence-electron chi connectivity index (χ4n) is 2.85. The molecule has 0 saturated carbocycles. The van der Waals surface area contributed by atoms with Crippen molar-refractivity contribution in [2.75, 3.05) is 0 Å².